The van der Waals surface area contributed by atoms with E-state index in [4.69, 9.17) is 0 Å². The predicted octanol–water partition coefficient (Wildman–Crippen LogP) is 4.98. The maximum atomic E-state index is 12.9. The first kappa shape index (κ1) is 20.7. The maximum Gasteiger partial charge on any atom is 0.322 e. The summed E-state index contributed by atoms with van der Waals surface area (Å²) in [6.45, 7) is 10.1. The molecule has 2 amide bonds. The molecule has 158 valence electrons. The molecule has 0 aliphatic carbocycles. The van der Waals surface area contributed by atoms with Crippen molar-refractivity contribution in [3.05, 3.63) is 71.3 Å². The standard InChI is InChI=1S/C26H33N3O/c1-20(2)27-25(30)29-19-26(23-18-21(3)11-12-24(23)29)13-16-28(17-14-26)15-7-10-22-8-5-4-6-9-22/h4-12,18,20H,13-17,19H2,1-3H3,(H,27,30). The van der Waals surface area contributed by atoms with Crippen LogP contribution in [0.5, 0.6) is 0 Å². The normalized spacial score (nSPS) is 18.3. The van der Waals surface area contributed by atoms with Gasteiger partial charge in [0.2, 0.25) is 0 Å². The first-order chi connectivity index (χ1) is 14.5. The highest BCUT2D eigenvalue weighted by molar-refractivity contribution is 5.95. The number of anilines is 1. The van der Waals surface area contributed by atoms with Crippen LogP contribution < -0.4 is 10.2 Å². The Bertz CT molecular complexity index is 911. The van der Waals surface area contributed by atoms with Crippen LogP contribution in [-0.2, 0) is 5.41 Å². The summed E-state index contributed by atoms with van der Waals surface area (Å²) < 4.78 is 0. The van der Waals surface area contributed by atoms with Gasteiger partial charge in [-0.3, -0.25) is 9.80 Å². The van der Waals surface area contributed by atoms with Crippen LogP contribution in [0.15, 0.2) is 54.6 Å². The molecule has 0 bridgehead atoms. The van der Waals surface area contributed by atoms with Crippen LogP contribution in [-0.4, -0.2) is 43.2 Å². The first-order valence-electron chi connectivity index (χ1n) is 11.1. The van der Waals surface area contributed by atoms with Crippen LogP contribution in [0.25, 0.3) is 6.08 Å². The van der Waals surface area contributed by atoms with E-state index in [2.05, 4.69) is 71.8 Å². The molecule has 4 nitrogen and oxygen atoms in total. The van der Waals surface area contributed by atoms with Gasteiger partial charge in [-0.1, -0.05) is 60.2 Å². The van der Waals surface area contributed by atoms with Crippen molar-refractivity contribution in [2.75, 3.05) is 31.1 Å². The molecule has 1 N–H and O–H groups in total. The Morgan fingerprint density at radius 2 is 1.87 bits per heavy atom. The Morgan fingerprint density at radius 1 is 1.13 bits per heavy atom. The number of urea groups is 1. The molecule has 0 radical (unpaired) electrons. The Morgan fingerprint density at radius 3 is 2.57 bits per heavy atom. The second-order valence-corrected chi connectivity index (χ2v) is 9.10. The molecule has 2 aliphatic rings. The summed E-state index contributed by atoms with van der Waals surface area (Å²) >= 11 is 0. The molecule has 2 heterocycles. The molecule has 2 aromatic rings. The largest absolute Gasteiger partial charge is 0.336 e. The Hall–Kier alpha value is -2.59. The van der Waals surface area contributed by atoms with Crippen molar-refractivity contribution in [1.29, 1.82) is 0 Å². The molecule has 30 heavy (non-hydrogen) atoms. The number of carbonyl (C=O) groups is 1. The zero-order valence-corrected chi connectivity index (χ0v) is 18.4. The number of carbonyl (C=O) groups excluding carboxylic acids is 1. The molecular weight excluding hydrogens is 370 g/mol. The van der Waals surface area contributed by atoms with Gasteiger partial charge in [-0.2, -0.15) is 0 Å². The molecule has 0 saturated carbocycles. The van der Waals surface area contributed by atoms with E-state index >= 15 is 0 Å². The van der Waals surface area contributed by atoms with Gasteiger partial charge in [0.05, 0.1) is 0 Å². The molecule has 4 rings (SSSR count). The van der Waals surface area contributed by atoms with Crippen LogP contribution in [0.3, 0.4) is 0 Å². The van der Waals surface area contributed by atoms with Gasteiger partial charge in [-0.05, 0) is 63.9 Å². The molecule has 0 aromatic heterocycles. The molecule has 4 heteroatoms. The van der Waals surface area contributed by atoms with Gasteiger partial charge in [-0.15, -0.1) is 0 Å². The summed E-state index contributed by atoms with van der Waals surface area (Å²) in [6.07, 6.45) is 6.65. The van der Waals surface area contributed by atoms with E-state index in [-0.39, 0.29) is 17.5 Å². The van der Waals surface area contributed by atoms with Crippen LogP contribution in [0, 0.1) is 6.92 Å². The van der Waals surface area contributed by atoms with Gasteiger partial charge >= 0.3 is 6.03 Å². The summed E-state index contributed by atoms with van der Waals surface area (Å²) in [5.74, 6) is 0. The van der Waals surface area contributed by atoms with Crippen LogP contribution in [0.2, 0.25) is 0 Å². The van der Waals surface area contributed by atoms with Crippen molar-refractivity contribution in [3.8, 4) is 0 Å². The first-order valence-corrected chi connectivity index (χ1v) is 11.1. The van der Waals surface area contributed by atoms with E-state index in [1.54, 1.807) is 0 Å². The van der Waals surface area contributed by atoms with E-state index < -0.39 is 0 Å². The highest BCUT2D eigenvalue weighted by atomic mass is 16.2. The van der Waals surface area contributed by atoms with Gasteiger partial charge in [0.1, 0.15) is 0 Å². The van der Waals surface area contributed by atoms with Crippen molar-refractivity contribution < 1.29 is 4.79 Å². The van der Waals surface area contributed by atoms with Crippen molar-refractivity contribution in [2.45, 2.75) is 45.1 Å². The fourth-order valence-electron chi connectivity index (χ4n) is 4.78. The van der Waals surface area contributed by atoms with Crippen LogP contribution in [0.1, 0.15) is 43.4 Å². The lowest BCUT2D eigenvalue weighted by Gasteiger charge is -2.39. The number of benzene rings is 2. The summed E-state index contributed by atoms with van der Waals surface area (Å²) in [5, 5.41) is 3.08. The average Bonchev–Trinajstić information content (AvgIpc) is 3.03. The number of rotatable bonds is 4. The smallest absolute Gasteiger partial charge is 0.322 e. The summed E-state index contributed by atoms with van der Waals surface area (Å²) in [5.41, 5.74) is 5.05. The highest BCUT2D eigenvalue weighted by Gasteiger charge is 2.46. The van der Waals surface area contributed by atoms with E-state index in [1.165, 1.54) is 16.7 Å². The van der Waals surface area contributed by atoms with Gasteiger partial charge < -0.3 is 5.32 Å². The number of amides is 2. The fourth-order valence-corrected chi connectivity index (χ4v) is 4.78. The summed E-state index contributed by atoms with van der Waals surface area (Å²) in [4.78, 5) is 17.4. The lowest BCUT2D eigenvalue weighted by atomic mass is 9.74. The SMILES string of the molecule is Cc1ccc2c(c1)C1(CCN(CC=Cc3ccccc3)CC1)CN2C(=O)NC(C)C. The van der Waals surface area contributed by atoms with Crippen molar-refractivity contribution in [3.63, 3.8) is 0 Å². The average molecular weight is 404 g/mol. The van der Waals surface area contributed by atoms with E-state index in [9.17, 15) is 4.79 Å². The highest BCUT2D eigenvalue weighted by Crippen LogP contribution is 2.47. The minimum absolute atomic E-state index is 0.0280. The number of likely N-dealkylation sites (tertiary alicyclic amines) is 1. The Labute approximate surface area is 180 Å². The second kappa shape index (κ2) is 8.65. The lowest BCUT2D eigenvalue weighted by molar-refractivity contribution is 0.180. The molecular formula is C26H33N3O. The Kier molecular flexibility index (Phi) is 5.96. The number of nitrogens with one attached hydrogen (secondary N) is 1. The summed E-state index contributed by atoms with van der Waals surface area (Å²) in [7, 11) is 0. The number of hydrogen-bond donors (Lipinski definition) is 1. The molecule has 1 fully saturated rings. The second-order valence-electron chi connectivity index (χ2n) is 9.10. The fraction of sp³-hybridized carbons (Fsp3) is 0.423. The monoisotopic (exact) mass is 403 g/mol. The third-order valence-electron chi connectivity index (χ3n) is 6.42. The molecule has 1 spiro atoms. The van der Waals surface area contributed by atoms with Crippen molar-refractivity contribution >= 4 is 17.8 Å². The zero-order chi connectivity index (χ0) is 21.1. The quantitative estimate of drug-likeness (QED) is 0.781. The van der Waals surface area contributed by atoms with Crippen molar-refractivity contribution in [2.24, 2.45) is 0 Å². The van der Waals surface area contributed by atoms with Gasteiger partial charge in [-0.25, -0.2) is 4.79 Å². The summed E-state index contributed by atoms with van der Waals surface area (Å²) in [6, 6.07) is 17.2. The minimum atomic E-state index is 0.0280. The molecule has 1 saturated heterocycles. The van der Waals surface area contributed by atoms with E-state index in [1.807, 2.05) is 24.8 Å². The molecule has 2 aliphatic heterocycles. The van der Waals surface area contributed by atoms with Crippen LogP contribution >= 0.6 is 0 Å². The molecule has 0 unspecified atom stereocenters. The van der Waals surface area contributed by atoms with Gasteiger partial charge in [0, 0.05) is 30.2 Å². The third kappa shape index (κ3) is 4.29. The van der Waals surface area contributed by atoms with E-state index in [0.29, 0.717) is 0 Å². The lowest BCUT2D eigenvalue weighted by Crippen LogP contribution is -2.48. The number of piperidine rings is 1. The topological polar surface area (TPSA) is 35.6 Å². The zero-order valence-electron chi connectivity index (χ0n) is 18.4. The van der Waals surface area contributed by atoms with Gasteiger partial charge in [0.25, 0.3) is 0 Å². The van der Waals surface area contributed by atoms with Gasteiger partial charge in [0.15, 0.2) is 0 Å². The van der Waals surface area contributed by atoms with Crippen molar-refractivity contribution in [1.82, 2.24) is 10.2 Å². The minimum Gasteiger partial charge on any atom is -0.336 e. The number of fused-ring (bicyclic) bond motifs is 2. The predicted molar refractivity (Wildman–Crippen MR) is 125 cm³/mol. The van der Waals surface area contributed by atoms with Crippen LogP contribution in [0.4, 0.5) is 10.5 Å². The van der Waals surface area contributed by atoms with E-state index in [0.717, 1.165) is 44.7 Å². The maximum absolute atomic E-state index is 12.9. The number of hydrogen-bond acceptors (Lipinski definition) is 2. The number of aryl methyl sites for hydroxylation is 1. The third-order valence-corrected chi connectivity index (χ3v) is 6.42. The molecule has 0 atom stereocenters. The molecule has 2 aromatic carbocycles. The Balaban J connectivity index is 1.45. The number of nitrogens with zero attached hydrogens (tertiary/aromatic N) is 2.